The first kappa shape index (κ1) is 20.5. The lowest BCUT2D eigenvalue weighted by molar-refractivity contribution is -0.118. The summed E-state index contributed by atoms with van der Waals surface area (Å²) in [4.78, 5) is 13.5. The van der Waals surface area contributed by atoms with Gasteiger partial charge in [-0.15, -0.1) is 0 Å². The number of nitrogens with one attached hydrogen (secondary N) is 1. The van der Waals surface area contributed by atoms with Gasteiger partial charge in [0.15, 0.2) is 28.8 Å². The Morgan fingerprint density at radius 2 is 1.53 bits per heavy atom. The smallest absolute Gasteiger partial charge is 0.231 e. The maximum Gasteiger partial charge on any atom is 0.231 e. The Kier molecular flexibility index (Phi) is 4.73. The van der Waals surface area contributed by atoms with Gasteiger partial charge in [0.25, 0.3) is 0 Å². The van der Waals surface area contributed by atoms with Crippen molar-refractivity contribution in [3.05, 3.63) is 46.7 Å². The zero-order chi connectivity index (χ0) is 22.6. The molecule has 0 saturated heterocycles. The van der Waals surface area contributed by atoms with E-state index in [4.69, 9.17) is 23.7 Å². The molecule has 0 radical (unpaired) electrons. The van der Waals surface area contributed by atoms with Crippen LogP contribution in [0.2, 0.25) is 0 Å². The predicted octanol–water partition coefficient (Wildman–Crippen LogP) is 4.64. The number of ether oxygens (including phenoxy) is 5. The van der Waals surface area contributed by atoms with Gasteiger partial charge >= 0.3 is 0 Å². The minimum absolute atomic E-state index is 0.122. The number of fused-ring (bicyclic) bond motifs is 2. The minimum Gasteiger partial charge on any atom is -0.496 e. The highest BCUT2D eigenvalue weighted by molar-refractivity contribution is 6.02. The molecule has 0 amide bonds. The molecule has 0 fully saturated rings. The molecule has 3 aliphatic rings. The van der Waals surface area contributed by atoms with E-state index in [1.54, 1.807) is 27.4 Å². The molecule has 7 nitrogen and oxygen atoms in total. The monoisotopic (exact) mass is 437 g/mol. The molecule has 2 aromatic carbocycles. The summed E-state index contributed by atoms with van der Waals surface area (Å²) in [5.41, 5.74) is 4.27. The van der Waals surface area contributed by atoms with Crippen LogP contribution in [0.5, 0.6) is 28.7 Å². The molecule has 2 aliphatic heterocycles. The molecule has 7 heteroatoms. The van der Waals surface area contributed by atoms with Gasteiger partial charge in [0, 0.05) is 47.0 Å². The number of benzene rings is 2. The molecular weight excluding hydrogens is 410 g/mol. The molecule has 168 valence electrons. The molecule has 2 heterocycles. The van der Waals surface area contributed by atoms with Crippen LogP contribution < -0.4 is 29.0 Å². The summed E-state index contributed by atoms with van der Waals surface area (Å²) in [6.07, 6.45) is 1.26. The average Bonchev–Trinajstić information content (AvgIpc) is 3.21. The van der Waals surface area contributed by atoms with Gasteiger partial charge in [-0.1, -0.05) is 13.8 Å². The molecule has 1 atom stereocenters. The maximum absolute atomic E-state index is 13.5. The van der Waals surface area contributed by atoms with E-state index >= 15 is 0 Å². The summed E-state index contributed by atoms with van der Waals surface area (Å²) in [5, 5.41) is 3.53. The molecule has 1 N–H and O–H groups in total. The van der Waals surface area contributed by atoms with Crippen LogP contribution in [0.3, 0.4) is 0 Å². The van der Waals surface area contributed by atoms with E-state index in [0.717, 1.165) is 34.5 Å². The number of ketones is 1. The third-order valence-electron chi connectivity index (χ3n) is 6.40. The lowest BCUT2D eigenvalue weighted by atomic mass is 9.68. The second kappa shape index (κ2) is 7.36. The molecule has 0 aromatic heterocycles. The lowest BCUT2D eigenvalue weighted by Gasteiger charge is -2.39. The number of carbonyl (C=O) groups excluding carboxylic acids is 1. The zero-order valence-corrected chi connectivity index (χ0v) is 19.0. The summed E-state index contributed by atoms with van der Waals surface area (Å²) in [7, 11) is 4.81. The first-order chi connectivity index (χ1) is 15.3. The topological polar surface area (TPSA) is 75.3 Å². The van der Waals surface area contributed by atoms with E-state index in [1.165, 1.54) is 0 Å². The van der Waals surface area contributed by atoms with Crippen molar-refractivity contribution in [1.82, 2.24) is 0 Å². The van der Waals surface area contributed by atoms with E-state index in [0.29, 0.717) is 35.2 Å². The summed E-state index contributed by atoms with van der Waals surface area (Å²) in [6, 6.07) is 7.62. The van der Waals surface area contributed by atoms with Crippen molar-refractivity contribution >= 4 is 11.5 Å². The van der Waals surface area contributed by atoms with Crippen LogP contribution >= 0.6 is 0 Å². The van der Waals surface area contributed by atoms with Gasteiger partial charge in [-0.3, -0.25) is 4.79 Å². The van der Waals surface area contributed by atoms with Crippen molar-refractivity contribution in [2.45, 2.75) is 32.6 Å². The highest BCUT2D eigenvalue weighted by atomic mass is 16.7. The number of Topliss-reactive ketones (excluding diaryl/α,β-unsaturated/α-hetero) is 1. The second-order valence-corrected chi connectivity index (χ2v) is 9.13. The second-order valence-electron chi connectivity index (χ2n) is 9.13. The van der Waals surface area contributed by atoms with E-state index in [9.17, 15) is 4.79 Å². The number of anilines is 1. The predicted molar refractivity (Wildman–Crippen MR) is 119 cm³/mol. The Morgan fingerprint density at radius 1 is 0.875 bits per heavy atom. The van der Waals surface area contributed by atoms with Crippen molar-refractivity contribution in [2.24, 2.45) is 5.41 Å². The number of methoxy groups -OCH3 is 3. The largest absolute Gasteiger partial charge is 0.496 e. The molecular formula is C25H27NO6. The quantitative estimate of drug-likeness (QED) is 0.747. The Morgan fingerprint density at radius 3 is 2.22 bits per heavy atom. The SMILES string of the molecule is COc1cc(OC)c(C2C3=C(CC(C)(C)CC3=O)Nc3cc4c(cc32)OCO4)cc1OC. The normalized spacial score (nSPS) is 20.3. The fraction of sp³-hybridized carbons (Fsp3) is 0.400. The van der Waals surface area contributed by atoms with E-state index in [2.05, 4.69) is 19.2 Å². The van der Waals surface area contributed by atoms with Crippen LogP contribution in [0, 0.1) is 5.41 Å². The van der Waals surface area contributed by atoms with Crippen LogP contribution in [0.25, 0.3) is 0 Å². The van der Waals surface area contributed by atoms with Crippen LogP contribution in [-0.4, -0.2) is 33.9 Å². The Balaban J connectivity index is 1.78. The van der Waals surface area contributed by atoms with Gasteiger partial charge in [-0.05, 0) is 29.5 Å². The molecule has 2 aromatic rings. The van der Waals surface area contributed by atoms with Gasteiger partial charge in [0.05, 0.1) is 21.3 Å². The fourth-order valence-electron chi connectivity index (χ4n) is 5.01. The Bertz CT molecular complexity index is 1150. The number of hydrogen-bond acceptors (Lipinski definition) is 7. The van der Waals surface area contributed by atoms with Gasteiger partial charge in [0.1, 0.15) is 5.75 Å². The lowest BCUT2D eigenvalue weighted by Crippen LogP contribution is -2.33. The molecule has 0 saturated carbocycles. The third kappa shape index (κ3) is 3.15. The van der Waals surface area contributed by atoms with Gasteiger partial charge < -0.3 is 29.0 Å². The van der Waals surface area contributed by atoms with Crippen LogP contribution in [0.4, 0.5) is 5.69 Å². The molecule has 0 bridgehead atoms. The van der Waals surface area contributed by atoms with E-state index in [1.807, 2.05) is 18.2 Å². The van der Waals surface area contributed by atoms with Gasteiger partial charge in [-0.2, -0.15) is 0 Å². The number of allylic oxidation sites excluding steroid dienone is 2. The van der Waals surface area contributed by atoms with Crippen LogP contribution in [0.15, 0.2) is 35.5 Å². The molecule has 32 heavy (non-hydrogen) atoms. The van der Waals surface area contributed by atoms with Crippen LogP contribution in [-0.2, 0) is 4.79 Å². The number of rotatable bonds is 4. The van der Waals surface area contributed by atoms with Crippen molar-refractivity contribution in [3.8, 4) is 28.7 Å². The standard InChI is InChI=1S/C25H27NO6/c1-25(2)10-16-24(17(27)11-25)23(13-6-21-22(32-12-31-21)8-15(13)26-16)14-7-19(29-4)20(30-5)9-18(14)28-3/h6-9,23,26H,10-12H2,1-5H3. The van der Waals surface area contributed by atoms with E-state index in [-0.39, 0.29) is 23.9 Å². The summed E-state index contributed by atoms with van der Waals surface area (Å²) in [6.45, 7) is 4.43. The maximum atomic E-state index is 13.5. The first-order valence-electron chi connectivity index (χ1n) is 10.6. The third-order valence-corrected chi connectivity index (χ3v) is 6.40. The summed E-state index contributed by atoms with van der Waals surface area (Å²) >= 11 is 0. The zero-order valence-electron chi connectivity index (χ0n) is 19.0. The first-order valence-corrected chi connectivity index (χ1v) is 10.6. The van der Waals surface area contributed by atoms with Crippen molar-refractivity contribution in [2.75, 3.05) is 33.4 Å². The highest BCUT2D eigenvalue weighted by Gasteiger charge is 2.42. The summed E-state index contributed by atoms with van der Waals surface area (Å²) < 4.78 is 28.1. The van der Waals surface area contributed by atoms with E-state index < -0.39 is 0 Å². The molecule has 5 rings (SSSR count). The van der Waals surface area contributed by atoms with Crippen LogP contribution in [0.1, 0.15) is 43.7 Å². The fourth-order valence-corrected chi connectivity index (χ4v) is 5.01. The van der Waals surface area contributed by atoms with Crippen molar-refractivity contribution < 1.29 is 28.5 Å². The Labute approximate surface area is 187 Å². The minimum atomic E-state index is -0.339. The number of carbonyl (C=O) groups is 1. The van der Waals surface area contributed by atoms with Crippen molar-refractivity contribution in [1.29, 1.82) is 0 Å². The highest BCUT2D eigenvalue weighted by Crippen LogP contribution is 2.54. The molecule has 0 spiro atoms. The molecule has 1 unspecified atom stereocenters. The molecule has 1 aliphatic carbocycles. The van der Waals surface area contributed by atoms with Gasteiger partial charge in [-0.25, -0.2) is 0 Å². The number of hydrogen-bond donors (Lipinski definition) is 1. The van der Waals surface area contributed by atoms with Crippen molar-refractivity contribution in [3.63, 3.8) is 0 Å². The summed E-state index contributed by atoms with van der Waals surface area (Å²) in [5.74, 6) is 2.93. The Hall–Kier alpha value is -3.35. The average molecular weight is 437 g/mol. The van der Waals surface area contributed by atoms with Gasteiger partial charge in [0.2, 0.25) is 6.79 Å².